The molecule has 0 saturated carbocycles. The van der Waals surface area contributed by atoms with Crippen molar-refractivity contribution in [2.24, 2.45) is 0 Å². The van der Waals surface area contributed by atoms with Crippen LogP contribution in [-0.2, 0) is 15.3 Å². The van der Waals surface area contributed by atoms with Crippen molar-refractivity contribution in [2.75, 3.05) is 10.6 Å². The Balaban J connectivity index is 1.56. The molecule has 2 amide bonds. The molecule has 0 unspecified atom stereocenters. The van der Waals surface area contributed by atoms with Crippen LogP contribution in [0.1, 0.15) is 23.5 Å². The van der Waals surface area contributed by atoms with Crippen molar-refractivity contribution in [2.45, 2.75) is 23.2 Å². The first-order valence-corrected chi connectivity index (χ1v) is 10.7. The number of hydrogen-bond donors (Lipinski definition) is 3. The topological polar surface area (TPSA) is 104 Å². The quantitative estimate of drug-likeness (QED) is 0.380. The number of nitrogens with one attached hydrogen (secondary N) is 3. The minimum atomic E-state index is -1.09. The second-order valence-electron chi connectivity index (χ2n) is 6.97. The zero-order valence-corrected chi connectivity index (χ0v) is 17.8. The molecular weight excluding hydrogens is 462 g/mol. The fraction of sp³-hybridized carbons (Fsp3) is 0.143. The average Bonchev–Trinajstić information content (AvgIpc) is 2.75. The van der Waals surface area contributed by atoms with Gasteiger partial charge in [-0.1, -0.05) is 35.5 Å². The molecule has 164 valence electrons. The summed E-state index contributed by atoms with van der Waals surface area (Å²) in [6, 6.07) is 9.54. The molecular formula is C21H15ClF2N4O3S. The van der Waals surface area contributed by atoms with E-state index in [-0.39, 0.29) is 39.5 Å². The van der Waals surface area contributed by atoms with Crippen LogP contribution < -0.4 is 16.2 Å². The van der Waals surface area contributed by atoms with Crippen LogP contribution in [0.25, 0.3) is 0 Å². The Morgan fingerprint density at radius 3 is 2.66 bits per heavy atom. The van der Waals surface area contributed by atoms with E-state index in [0.717, 1.165) is 11.6 Å². The van der Waals surface area contributed by atoms with E-state index >= 15 is 0 Å². The van der Waals surface area contributed by atoms with Gasteiger partial charge in [-0.2, -0.15) is 0 Å². The second-order valence-corrected chi connectivity index (χ2v) is 8.34. The van der Waals surface area contributed by atoms with Crippen LogP contribution in [0.3, 0.4) is 0 Å². The molecule has 1 atom stereocenters. The number of nitrogens with zero attached hydrogens (tertiary/aromatic N) is 1. The van der Waals surface area contributed by atoms with E-state index in [0.29, 0.717) is 5.75 Å². The maximum absolute atomic E-state index is 13.3. The molecule has 0 bridgehead atoms. The number of thioether (sulfide) groups is 1. The van der Waals surface area contributed by atoms with Crippen molar-refractivity contribution in [3.8, 4) is 0 Å². The summed E-state index contributed by atoms with van der Waals surface area (Å²) in [4.78, 5) is 44.6. The van der Waals surface area contributed by atoms with Gasteiger partial charge in [0.15, 0.2) is 5.16 Å². The number of anilines is 2. The minimum absolute atomic E-state index is 0.00361. The van der Waals surface area contributed by atoms with Crippen LogP contribution in [0.5, 0.6) is 0 Å². The summed E-state index contributed by atoms with van der Waals surface area (Å²) in [5.74, 6) is -2.76. The molecule has 4 rings (SSSR count). The summed E-state index contributed by atoms with van der Waals surface area (Å²) in [7, 11) is 0. The van der Waals surface area contributed by atoms with Crippen molar-refractivity contribution < 1.29 is 18.4 Å². The van der Waals surface area contributed by atoms with Gasteiger partial charge in [-0.05, 0) is 35.9 Å². The zero-order chi connectivity index (χ0) is 22.8. The number of amides is 2. The molecule has 3 aromatic rings. The van der Waals surface area contributed by atoms with E-state index in [1.807, 2.05) is 0 Å². The molecule has 0 radical (unpaired) electrons. The molecule has 1 aliphatic rings. The predicted octanol–water partition coefficient (Wildman–Crippen LogP) is 4.06. The summed E-state index contributed by atoms with van der Waals surface area (Å²) in [6.07, 6.45) is -0.249. The minimum Gasteiger partial charge on any atom is -0.325 e. The lowest BCUT2D eigenvalue weighted by Crippen LogP contribution is -2.36. The number of benzene rings is 2. The highest BCUT2D eigenvalue weighted by Crippen LogP contribution is 2.31. The molecule has 1 aromatic heterocycles. The Labute approximate surface area is 189 Å². The second kappa shape index (κ2) is 9.09. The lowest BCUT2D eigenvalue weighted by Gasteiger charge is -2.23. The molecule has 3 N–H and O–H groups in total. The first-order valence-electron chi connectivity index (χ1n) is 9.37. The van der Waals surface area contributed by atoms with E-state index in [9.17, 15) is 23.2 Å². The number of carbonyl (C=O) groups excluding carboxylic acids is 2. The average molecular weight is 477 g/mol. The third-order valence-corrected chi connectivity index (χ3v) is 5.96. The monoisotopic (exact) mass is 476 g/mol. The molecule has 0 saturated heterocycles. The summed E-state index contributed by atoms with van der Waals surface area (Å²) in [6.45, 7) is 0. The molecule has 0 fully saturated rings. The molecule has 11 heteroatoms. The Kier molecular flexibility index (Phi) is 6.24. The number of carbonyl (C=O) groups is 2. The van der Waals surface area contributed by atoms with Gasteiger partial charge in [0.05, 0.1) is 16.5 Å². The number of aromatic nitrogens is 2. The van der Waals surface area contributed by atoms with E-state index in [2.05, 4.69) is 20.6 Å². The van der Waals surface area contributed by atoms with E-state index < -0.39 is 29.1 Å². The van der Waals surface area contributed by atoms with E-state index in [4.69, 9.17) is 11.6 Å². The summed E-state index contributed by atoms with van der Waals surface area (Å²) in [5.41, 5.74) is 0.510. The summed E-state index contributed by atoms with van der Waals surface area (Å²) in [5, 5.41) is 5.14. The fourth-order valence-corrected chi connectivity index (χ4v) is 4.18. The van der Waals surface area contributed by atoms with Crippen molar-refractivity contribution >= 4 is 46.7 Å². The highest BCUT2D eigenvalue weighted by atomic mass is 35.5. The third kappa shape index (κ3) is 4.81. The smallest absolute Gasteiger partial charge is 0.257 e. The zero-order valence-electron chi connectivity index (χ0n) is 16.2. The highest BCUT2D eigenvalue weighted by Gasteiger charge is 2.34. The predicted molar refractivity (Wildman–Crippen MR) is 117 cm³/mol. The highest BCUT2D eigenvalue weighted by molar-refractivity contribution is 7.98. The molecule has 1 aliphatic heterocycles. The van der Waals surface area contributed by atoms with Gasteiger partial charge in [-0.25, -0.2) is 13.8 Å². The van der Waals surface area contributed by atoms with Crippen LogP contribution in [0.15, 0.2) is 52.4 Å². The lowest BCUT2D eigenvalue weighted by atomic mass is 9.92. The summed E-state index contributed by atoms with van der Waals surface area (Å²) >= 11 is 6.93. The number of aromatic amines is 1. The largest absolute Gasteiger partial charge is 0.325 e. The number of H-pyrrole nitrogens is 1. The Morgan fingerprint density at radius 2 is 1.94 bits per heavy atom. The van der Waals surface area contributed by atoms with Gasteiger partial charge in [0.1, 0.15) is 17.5 Å². The van der Waals surface area contributed by atoms with Gasteiger partial charge in [-0.15, -0.1) is 0 Å². The molecule has 0 aliphatic carbocycles. The Hall–Kier alpha value is -3.24. The maximum atomic E-state index is 13.3. The maximum Gasteiger partial charge on any atom is 0.257 e. The normalized spacial score (nSPS) is 15.1. The Morgan fingerprint density at radius 1 is 1.19 bits per heavy atom. The van der Waals surface area contributed by atoms with Crippen LogP contribution in [0.2, 0.25) is 5.02 Å². The first-order chi connectivity index (χ1) is 15.3. The van der Waals surface area contributed by atoms with Crippen LogP contribution in [0.4, 0.5) is 20.3 Å². The van der Waals surface area contributed by atoms with E-state index in [1.54, 1.807) is 12.1 Å². The molecule has 2 heterocycles. The lowest BCUT2D eigenvalue weighted by molar-refractivity contribution is -0.123. The van der Waals surface area contributed by atoms with Gasteiger partial charge in [-0.3, -0.25) is 14.4 Å². The third-order valence-electron chi connectivity index (χ3n) is 4.72. The first kappa shape index (κ1) is 22.0. The van der Waals surface area contributed by atoms with Crippen LogP contribution in [0, 0.1) is 11.6 Å². The molecule has 2 aromatic carbocycles. The van der Waals surface area contributed by atoms with Crippen LogP contribution in [-0.4, -0.2) is 21.8 Å². The van der Waals surface area contributed by atoms with Crippen molar-refractivity contribution in [3.63, 3.8) is 0 Å². The summed E-state index contributed by atoms with van der Waals surface area (Å²) < 4.78 is 26.4. The fourth-order valence-electron chi connectivity index (χ4n) is 3.18. The van der Waals surface area contributed by atoms with Gasteiger partial charge in [0.2, 0.25) is 11.8 Å². The van der Waals surface area contributed by atoms with Gasteiger partial charge in [0.25, 0.3) is 5.56 Å². The van der Waals surface area contributed by atoms with Crippen molar-refractivity contribution in [1.29, 1.82) is 0 Å². The molecule has 0 spiro atoms. The van der Waals surface area contributed by atoms with Gasteiger partial charge >= 0.3 is 0 Å². The van der Waals surface area contributed by atoms with Gasteiger partial charge < -0.3 is 15.6 Å². The van der Waals surface area contributed by atoms with Crippen LogP contribution >= 0.6 is 23.4 Å². The molecule has 32 heavy (non-hydrogen) atoms. The number of fused-ring (bicyclic) bond motifs is 1. The Bertz CT molecular complexity index is 1270. The number of hydrogen-bond acceptors (Lipinski definition) is 5. The van der Waals surface area contributed by atoms with Crippen molar-refractivity contribution in [1.82, 2.24) is 9.97 Å². The SMILES string of the molecule is O=C1C[C@@H](C(=O)Nc2ccc(F)c(Cl)c2)c2c(nc(SCc3ccc(F)cc3)[nH]c2=O)N1. The standard InChI is InChI=1S/C21H15ClF2N4O3S/c22-14-7-12(5-6-15(14)24)25-19(30)13-8-16(29)26-18-17(13)20(31)28-21(27-18)32-9-10-1-3-11(23)4-2-10/h1-7,13H,8-9H2,(H,25,30)(H2,26,27,28,29,31)/t13-/m1/s1. The van der Waals surface area contributed by atoms with E-state index in [1.165, 1.54) is 36.0 Å². The molecule has 7 nitrogen and oxygen atoms in total. The number of halogens is 3. The number of rotatable bonds is 5. The van der Waals surface area contributed by atoms with Gasteiger partial charge in [0, 0.05) is 17.9 Å². The van der Waals surface area contributed by atoms with Crippen molar-refractivity contribution in [3.05, 3.63) is 80.6 Å².